The standard InChI is InChI=1S/C21H24F3N3O2/c22-21(23,24)29-19-8-6-18(7-9-19)25-20(28)16-27-14-12-26(13-15-27)11-10-17-4-2-1-3-5-17/h1-9H,10-16H2,(H,25,28). The molecule has 2 aromatic carbocycles. The molecule has 1 aliphatic heterocycles. The Morgan fingerprint density at radius 1 is 0.931 bits per heavy atom. The first kappa shape index (κ1) is 21.1. The summed E-state index contributed by atoms with van der Waals surface area (Å²) in [6.07, 6.45) is -3.72. The molecule has 5 nitrogen and oxygen atoms in total. The molecule has 2 aromatic rings. The molecule has 0 saturated carbocycles. The van der Waals surface area contributed by atoms with Crippen LogP contribution in [0.3, 0.4) is 0 Å². The van der Waals surface area contributed by atoms with Crippen molar-refractivity contribution < 1.29 is 22.7 Å². The van der Waals surface area contributed by atoms with E-state index in [-0.39, 0.29) is 18.2 Å². The molecule has 0 spiro atoms. The summed E-state index contributed by atoms with van der Waals surface area (Å²) in [4.78, 5) is 16.7. The van der Waals surface area contributed by atoms with Gasteiger partial charge in [0.25, 0.3) is 0 Å². The van der Waals surface area contributed by atoms with Gasteiger partial charge in [-0.25, -0.2) is 0 Å². The van der Waals surface area contributed by atoms with Crippen molar-refractivity contribution in [3.8, 4) is 5.75 Å². The van der Waals surface area contributed by atoms with Crippen LogP contribution in [0.1, 0.15) is 5.56 Å². The van der Waals surface area contributed by atoms with Crippen molar-refractivity contribution in [2.75, 3.05) is 44.6 Å². The molecule has 0 bridgehead atoms. The topological polar surface area (TPSA) is 44.8 Å². The van der Waals surface area contributed by atoms with Gasteiger partial charge in [-0.15, -0.1) is 13.2 Å². The molecule has 1 amide bonds. The van der Waals surface area contributed by atoms with Crippen LogP contribution in [0.25, 0.3) is 0 Å². The Hall–Kier alpha value is -2.58. The lowest BCUT2D eigenvalue weighted by atomic mass is 10.1. The molecule has 3 rings (SSSR count). The van der Waals surface area contributed by atoms with Gasteiger partial charge >= 0.3 is 6.36 Å². The molecule has 0 unspecified atom stereocenters. The van der Waals surface area contributed by atoms with Crippen molar-refractivity contribution in [1.82, 2.24) is 9.80 Å². The molecule has 0 aromatic heterocycles. The molecular weight excluding hydrogens is 383 g/mol. The van der Waals surface area contributed by atoms with Crippen molar-refractivity contribution in [2.24, 2.45) is 0 Å². The maximum Gasteiger partial charge on any atom is 0.573 e. The smallest absolute Gasteiger partial charge is 0.406 e. The van der Waals surface area contributed by atoms with Crippen LogP contribution in [0.5, 0.6) is 5.75 Å². The molecule has 1 saturated heterocycles. The third kappa shape index (κ3) is 7.40. The fourth-order valence-electron chi connectivity index (χ4n) is 3.25. The molecule has 8 heteroatoms. The van der Waals surface area contributed by atoms with Crippen molar-refractivity contribution >= 4 is 11.6 Å². The number of alkyl halides is 3. The van der Waals surface area contributed by atoms with E-state index in [1.54, 1.807) is 0 Å². The number of rotatable bonds is 7. The first-order valence-electron chi connectivity index (χ1n) is 9.52. The minimum Gasteiger partial charge on any atom is -0.406 e. The lowest BCUT2D eigenvalue weighted by Gasteiger charge is -2.34. The van der Waals surface area contributed by atoms with E-state index in [2.05, 4.69) is 32.0 Å². The number of carbonyl (C=O) groups is 1. The molecule has 1 heterocycles. The highest BCUT2D eigenvalue weighted by molar-refractivity contribution is 5.92. The first-order chi connectivity index (χ1) is 13.9. The maximum atomic E-state index is 12.2. The summed E-state index contributed by atoms with van der Waals surface area (Å²) in [6, 6.07) is 15.5. The third-order valence-corrected chi connectivity index (χ3v) is 4.76. The Kier molecular flexibility index (Phi) is 7.11. The average molecular weight is 407 g/mol. The number of hydrogen-bond acceptors (Lipinski definition) is 4. The Morgan fingerprint density at radius 3 is 2.17 bits per heavy atom. The van der Waals surface area contributed by atoms with Crippen LogP contribution in [0.15, 0.2) is 54.6 Å². The average Bonchev–Trinajstić information content (AvgIpc) is 2.69. The van der Waals surface area contributed by atoms with Gasteiger partial charge in [-0.2, -0.15) is 0 Å². The SMILES string of the molecule is O=C(CN1CCN(CCc2ccccc2)CC1)Nc1ccc(OC(F)(F)F)cc1. The van der Waals surface area contributed by atoms with Crippen LogP contribution in [-0.2, 0) is 11.2 Å². The summed E-state index contributed by atoms with van der Waals surface area (Å²) in [6.45, 7) is 4.68. The molecule has 156 valence electrons. The number of benzene rings is 2. The first-order valence-corrected chi connectivity index (χ1v) is 9.52. The molecule has 1 aliphatic rings. The number of anilines is 1. The summed E-state index contributed by atoms with van der Waals surface area (Å²) in [5.41, 5.74) is 1.76. The van der Waals surface area contributed by atoms with Crippen LogP contribution >= 0.6 is 0 Å². The normalized spacial score (nSPS) is 15.8. The second kappa shape index (κ2) is 9.76. The van der Waals surface area contributed by atoms with Crippen LogP contribution < -0.4 is 10.1 Å². The quantitative estimate of drug-likeness (QED) is 0.764. The number of piperazine rings is 1. The zero-order valence-corrected chi connectivity index (χ0v) is 16.0. The van der Waals surface area contributed by atoms with E-state index in [0.29, 0.717) is 5.69 Å². The number of ether oxygens (including phenoxy) is 1. The predicted octanol–water partition coefficient (Wildman–Crippen LogP) is 3.38. The van der Waals surface area contributed by atoms with Crippen LogP contribution in [0.4, 0.5) is 18.9 Å². The van der Waals surface area contributed by atoms with Crippen LogP contribution in [0, 0.1) is 0 Å². The highest BCUT2D eigenvalue weighted by Crippen LogP contribution is 2.23. The summed E-state index contributed by atoms with van der Waals surface area (Å²) >= 11 is 0. The number of halogens is 3. The Bertz CT molecular complexity index is 774. The largest absolute Gasteiger partial charge is 0.573 e. The zero-order valence-electron chi connectivity index (χ0n) is 16.0. The monoisotopic (exact) mass is 407 g/mol. The van der Waals surface area contributed by atoms with Crippen LogP contribution in [-0.4, -0.2) is 61.3 Å². The molecule has 1 N–H and O–H groups in total. The minimum absolute atomic E-state index is 0.188. The molecule has 0 atom stereocenters. The van der Waals surface area contributed by atoms with E-state index in [0.717, 1.165) is 39.1 Å². The Labute approximate surface area is 168 Å². The number of hydrogen-bond donors (Lipinski definition) is 1. The van der Waals surface area contributed by atoms with Gasteiger partial charge in [-0.1, -0.05) is 30.3 Å². The Morgan fingerprint density at radius 2 is 1.55 bits per heavy atom. The summed E-state index contributed by atoms with van der Waals surface area (Å²) in [5.74, 6) is -0.505. The highest BCUT2D eigenvalue weighted by atomic mass is 19.4. The van der Waals surface area contributed by atoms with Crippen molar-refractivity contribution in [3.05, 3.63) is 60.2 Å². The van der Waals surface area contributed by atoms with Gasteiger partial charge in [0.1, 0.15) is 5.75 Å². The van der Waals surface area contributed by atoms with Gasteiger partial charge in [-0.05, 0) is 36.2 Å². The molecule has 29 heavy (non-hydrogen) atoms. The lowest BCUT2D eigenvalue weighted by Crippen LogP contribution is -2.49. The number of nitrogens with one attached hydrogen (secondary N) is 1. The van der Waals surface area contributed by atoms with Gasteiger partial charge in [0, 0.05) is 38.4 Å². The van der Waals surface area contributed by atoms with Gasteiger partial charge in [0.15, 0.2) is 0 Å². The summed E-state index contributed by atoms with van der Waals surface area (Å²) in [5, 5.41) is 2.71. The van der Waals surface area contributed by atoms with Gasteiger partial charge in [0.05, 0.1) is 6.54 Å². The molecule has 1 fully saturated rings. The van der Waals surface area contributed by atoms with Crippen LogP contribution in [0.2, 0.25) is 0 Å². The zero-order chi connectivity index (χ0) is 20.7. The molecule has 0 radical (unpaired) electrons. The van der Waals surface area contributed by atoms with Crippen molar-refractivity contribution in [3.63, 3.8) is 0 Å². The number of amides is 1. The fourth-order valence-corrected chi connectivity index (χ4v) is 3.25. The second-order valence-corrected chi connectivity index (χ2v) is 6.97. The third-order valence-electron chi connectivity index (χ3n) is 4.76. The molecular formula is C21H24F3N3O2. The van der Waals surface area contributed by atoms with Gasteiger partial charge in [-0.3, -0.25) is 9.69 Å². The van der Waals surface area contributed by atoms with Gasteiger partial charge < -0.3 is 15.0 Å². The van der Waals surface area contributed by atoms with E-state index in [9.17, 15) is 18.0 Å². The van der Waals surface area contributed by atoms with Crippen molar-refractivity contribution in [1.29, 1.82) is 0 Å². The van der Waals surface area contributed by atoms with E-state index >= 15 is 0 Å². The predicted molar refractivity (Wildman–Crippen MR) is 105 cm³/mol. The number of carbonyl (C=O) groups excluding carboxylic acids is 1. The van der Waals surface area contributed by atoms with E-state index < -0.39 is 6.36 Å². The lowest BCUT2D eigenvalue weighted by molar-refractivity contribution is -0.274. The highest BCUT2D eigenvalue weighted by Gasteiger charge is 2.31. The van der Waals surface area contributed by atoms with E-state index in [1.165, 1.54) is 29.8 Å². The molecule has 0 aliphatic carbocycles. The Balaban J connectivity index is 1.37. The fraction of sp³-hybridized carbons (Fsp3) is 0.381. The minimum atomic E-state index is -4.73. The summed E-state index contributed by atoms with van der Waals surface area (Å²) in [7, 11) is 0. The van der Waals surface area contributed by atoms with E-state index in [1.807, 2.05) is 18.2 Å². The number of nitrogens with zero attached hydrogens (tertiary/aromatic N) is 2. The summed E-state index contributed by atoms with van der Waals surface area (Å²) < 4.78 is 40.3. The second-order valence-electron chi connectivity index (χ2n) is 6.97. The van der Waals surface area contributed by atoms with E-state index in [4.69, 9.17) is 0 Å². The van der Waals surface area contributed by atoms with Crippen molar-refractivity contribution in [2.45, 2.75) is 12.8 Å². The van der Waals surface area contributed by atoms with Gasteiger partial charge in [0.2, 0.25) is 5.91 Å². The maximum absolute atomic E-state index is 12.2.